The van der Waals surface area contributed by atoms with Gasteiger partial charge in [0, 0.05) is 32.9 Å². The lowest BCUT2D eigenvalue weighted by Crippen LogP contribution is -2.55. The summed E-state index contributed by atoms with van der Waals surface area (Å²) in [6.07, 6.45) is 9.81. The van der Waals surface area contributed by atoms with E-state index in [0.29, 0.717) is 12.5 Å². The fraction of sp³-hybridized carbons (Fsp3) is 0.750. The maximum atomic E-state index is 13.2. The van der Waals surface area contributed by atoms with Crippen LogP contribution >= 0.6 is 24.8 Å². The van der Waals surface area contributed by atoms with Gasteiger partial charge in [-0.1, -0.05) is 0 Å². The van der Waals surface area contributed by atoms with Crippen molar-refractivity contribution in [3.05, 3.63) is 12.4 Å². The minimum absolute atomic E-state index is 0. The van der Waals surface area contributed by atoms with Crippen molar-refractivity contribution in [1.29, 1.82) is 0 Å². The predicted molar refractivity (Wildman–Crippen MR) is 121 cm³/mol. The summed E-state index contributed by atoms with van der Waals surface area (Å²) in [6.45, 7) is 4.26. The molecule has 10 heteroatoms. The second kappa shape index (κ2) is 11.3. The molecule has 3 saturated heterocycles. The Morgan fingerprint density at radius 1 is 1.20 bits per heavy atom. The molecule has 0 radical (unpaired) electrons. The molecular weight excluding hydrogens is 427 g/mol. The average molecular weight is 461 g/mol. The Kier molecular flexibility index (Phi) is 9.40. The van der Waals surface area contributed by atoms with Crippen LogP contribution in [0.15, 0.2) is 12.4 Å². The summed E-state index contributed by atoms with van der Waals surface area (Å²) in [5.41, 5.74) is 0.891. The highest BCUT2D eigenvalue weighted by molar-refractivity contribution is 5.97. The Hall–Kier alpha value is -1.35. The first-order chi connectivity index (χ1) is 13.6. The molecule has 1 aromatic heterocycles. The number of carbonyl (C=O) groups is 2. The minimum Gasteiger partial charge on any atom is -0.354 e. The summed E-state index contributed by atoms with van der Waals surface area (Å²) >= 11 is 0. The molecule has 3 aliphatic heterocycles. The van der Waals surface area contributed by atoms with E-state index < -0.39 is 0 Å². The van der Waals surface area contributed by atoms with Crippen LogP contribution in [0.4, 0.5) is 5.69 Å². The Bertz CT molecular complexity index is 709. The third-order valence-corrected chi connectivity index (χ3v) is 6.35. The fourth-order valence-electron chi connectivity index (χ4n) is 4.82. The Morgan fingerprint density at radius 3 is 2.70 bits per heavy atom. The van der Waals surface area contributed by atoms with Crippen molar-refractivity contribution in [2.24, 2.45) is 13.0 Å². The second-order valence-corrected chi connectivity index (χ2v) is 8.42. The maximum Gasteiger partial charge on any atom is 0.244 e. The SMILES string of the molecule is Cl.Cl.Cn1cc(N2CCCC(N3CCCC(CNC(=O)C4CCCN4)C3)C2=O)cn1. The van der Waals surface area contributed by atoms with Gasteiger partial charge in [0.25, 0.3) is 0 Å². The molecule has 170 valence electrons. The molecule has 0 bridgehead atoms. The zero-order valence-corrected chi connectivity index (χ0v) is 19.2. The number of anilines is 1. The molecule has 30 heavy (non-hydrogen) atoms. The number of rotatable bonds is 5. The van der Waals surface area contributed by atoms with Crippen LogP contribution in [0.25, 0.3) is 0 Å². The van der Waals surface area contributed by atoms with E-state index >= 15 is 0 Å². The molecule has 4 rings (SSSR count). The van der Waals surface area contributed by atoms with Crippen LogP contribution in [0.2, 0.25) is 0 Å². The van der Waals surface area contributed by atoms with Gasteiger partial charge in [-0.15, -0.1) is 24.8 Å². The third-order valence-electron chi connectivity index (χ3n) is 6.35. The highest BCUT2D eigenvalue weighted by atomic mass is 35.5. The van der Waals surface area contributed by atoms with Crippen LogP contribution in [0, 0.1) is 5.92 Å². The molecule has 0 spiro atoms. The van der Waals surface area contributed by atoms with Crippen LogP contribution < -0.4 is 15.5 Å². The number of hydrogen-bond donors (Lipinski definition) is 2. The van der Waals surface area contributed by atoms with Crippen LogP contribution in [0.1, 0.15) is 38.5 Å². The molecule has 3 aliphatic rings. The van der Waals surface area contributed by atoms with Gasteiger partial charge in [-0.3, -0.25) is 19.2 Å². The first kappa shape index (κ1) is 24.9. The number of nitrogens with one attached hydrogen (secondary N) is 2. The lowest BCUT2D eigenvalue weighted by Gasteiger charge is -2.41. The average Bonchev–Trinajstić information content (AvgIpc) is 3.38. The quantitative estimate of drug-likeness (QED) is 0.692. The van der Waals surface area contributed by atoms with E-state index in [1.54, 1.807) is 10.9 Å². The molecule has 3 fully saturated rings. The third kappa shape index (κ3) is 5.66. The normalized spacial score (nSPS) is 27.3. The molecule has 0 aliphatic carbocycles. The number of hydrogen-bond acceptors (Lipinski definition) is 5. The molecule has 3 unspecified atom stereocenters. The van der Waals surface area contributed by atoms with Gasteiger partial charge in [-0.25, -0.2) is 0 Å². The summed E-state index contributed by atoms with van der Waals surface area (Å²) in [7, 11) is 1.88. The van der Waals surface area contributed by atoms with Gasteiger partial charge < -0.3 is 15.5 Å². The zero-order valence-electron chi connectivity index (χ0n) is 17.6. The lowest BCUT2D eigenvalue weighted by atomic mass is 9.93. The summed E-state index contributed by atoms with van der Waals surface area (Å²) in [6, 6.07) is -0.0726. The number of carbonyl (C=O) groups excluding carboxylic acids is 2. The van der Waals surface area contributed by atoms with Crippen molar-refractivity contribution in [3.63, 3.8) is 0 Å². The van der Waals surface area contributed by atoms with Gasteiger partial charge in [-0.2, -0.15) is 5.10 Å². The highest BCUT2D eigenvalue weighted by Gasteiger charge is 2.36. The monoisotopic (exact) mass is 460 g/mol. The number of aromatic nitrogens is 2. The van der Waals surface area contributed by atoms with Gasteiger partial charge in [0.1, 0.15) is 0 Å². The second-order valence-electron chi connectivity index (χ2n) is 8.42. The van der Waals surface area contributed by atoms with Crippen molar-refractivity contribution in [2.45, 2.75) is 50.6 Å². The van der Waals surface area contributed by atoms with Gasteiger partial charge in [0.15, 0.2) is 0 Å². The highest BCUT2D eigenvalue weighted by Crippen LogP contribution is 2.26. The summed E-state index contributed by atoms with van der Waals surface area (Å²) in [5.74, 6) is 0.742. The van der Waals surface area contributed by atoms with Crippen molar-refractivity contribution in [3.8, 4) is 0 Å². The molecule has 8 nitrogen and oxygen atoms in total. The summed E-state index contributed by atoms with van der Waals surface area (Å²) in [5, 5.41) is 10.6. The van der Waals surface area contributed by atoms with Crippen molar-refractivity contribution >= 4 is 42.3 Å². The van der Waals surface area contributed by atoms with Crippen LogP contribution in [-0.2, 0) is 16.6 Å². The molecule has 4 heterocycles. The summed E-state index contributed by atoms with van der Waals surface area (Å²) < 4.78 is 1.74. The standard InChI is InChI=1S/C20H32N6O2.2ClH/c1-24-14-16(12-23-24)26-10-4-7-18(20(26)28)25-9-3-5-15(13-25)11-22-19(27)17-6-2-8-21-17;;/h12,14-15,17-18,21H,2-11,13H2,1H3,(H,22,27);2*1H. The Morgan fingerprint density at radius 2 is 2.00 bits per heavy atom. The van der Waals surface area contributed by atoms with Crippen molar-refractivity contribution in [1.82, 2.24) is 25.3 Å². The van der Waals surface area contributed by atoms with E-state index in [0.717, 1.165) is 70.4 Å². The molecular formula is C20H34Cl2N6O2. The number of halogens is 2. The Labute approximate surface area is 190 Å². The van der Waals surface area contributed by atoms with E-state index in [4.69, 9.17) is 0 Å². The first-order valence-corrected chi connectivity index (χ1v) is 10.7. The fourth-order valence-corrected chi connectivity index (χ4v) is 4.82. The number of likely N-dealkylation sites (tertiary alicyclic amines) is 1. The maximum absolute atomic E-state index is 13.2. The predicted octanol–water partition coefficient (Wildman–Crippen LogP) is 1.34. The van der Waals surface area contributed by atoms with E-state index in [-0.39, 0.29) is 48.7 Å². The molecule has 3 atom stereocenters. The molecule has 1 aromatic rings. The van der Waals surface area contributed by atoms with E-state index in [1.807, 2.05) is 18.1 Å². The molecule has 0 aromatic carbocycles. The number of aryl methyl sites for hydroxylation is 1. The number of amides is 2. The van der Waals surface area contributed by atoms with Crippen LogP contribution in [0.3, 0.4) is 0 Å². The van der Waals surface area contributed by atoms with E-state index in [1.165, 1.54) is 0 Å². The minimum atomic E-state index is -0.0519. The first-order valence-electron chi connectivity index (χ1n) is 10.7. The molecule has 2 amide bonds. The lowest BCUT2D eigenvalue weighted by molar-refractivity contribution is -0.127. The number of nitrogens with zero attached hydrogens (tertiary/aromatic N) is 4. The van der Waals surface area contributed by atoms with Crippen LogP contribution in [0.5, 0.6) is 0 Å². The smallest absolute Gasteiger partial charge is 0.244 e. The van der Waals surface area contributed by atoms with E-state index in [2.05, 4.69) is 20.6 Å². The van der Waals surface area contributed by atoms with Gasteiger partial charge in [0.05, 0.1) is 24.0 Å². The van der Waals surface area contributed by atoms with Gasteiger partial charge in [0.2, 0.25) is 11.8 Å². The zero-order chi connectivity index (χ0) is 19.5. The molecule has 0 saturated carbocycles. The Balaban J connectivity index is 0.00000160. The van der Waals surface area contributed by atoms with Gasteiger partial charge >= 0.3 is 0 Å². The molecule has 2 N–H and O–H groups in total. The summed E-state index contributed by atoms with van der Waals surface area (Å²) in [4.78, 5) is 29.7. The van der Waals surface area contributed by atoms with Crippen molar-refractivity contribution < 1.29 is 9.59 Å². The topological polar surface area (TPSA) is 82.5 Å². The van der Waals surface area contributed by atoms with Crippen LogP contribution in [-0.4, -0.2) is 71.3 Å². The number of piperidine rings is 2. The van der Waals surface area contributed by atoms with E-state index in [9.17, 15) is 9.59 Å². The van der Waals surface area contributed by atoms with Crippen molar-refractivity contribution in [2.75, 3.05) is 37.6 Å². The van der Waals surface area contributed by atoms with Gasteiger partial charge in [-0.05, 0) is 57.5 Å². The largest absolute Gasteiger partial charge is 0.354 e.